The summed E-state index contributed by atoms with van der Waals surface area (Å²) in [6, 6.07) is 0. The van der Waals surface area contributed by atoms with Crippen molar-refractivity contribution in [3.8, 4) is 0 Å². The molecule has 2 N–H and O–H groups in total. The van der Waals surface area contributed by atoms with Gasteiger partial charge in [0.05, 0.1) is 13.2 Å². The van der Waals surface area contributed by atoms with Crippen molar-refractivity contribution >= 4 is 0 Å². The van der Waals surface area contributed by atoms with Crippen LogP contribution in [0.15, 0.2) is 0 Å². The number of nitrogens with zero attached hydrogens (tertiary/aromatic N) is 2. The van der Waals surface area contributed by atoms with Gasteiger partial charge in [-0.15, -0.1) is 12.0 Å². The maximum atomic E-state index is 9.27. The molecule has 1 radical (unpaired) electrons. The monoisotopic (exact) mass is 739 g/mol. The molecule has 0 aromatic heterocycles. The van der Waals surface area contributed by atoms with Gasteiger partial charge >= 0.3 is 0 Å². The summed E-state index contributed by atoms with van der Waals surface area (Å²) in [4.78, 5) is 4.49. The van der Waals surface area contributed by atoms with Crippen LogP contribution in [0.5, 0.6) is 0 Å². The Balaban J connectivity index is 0. The van der Waals surface area contributed by atoms with Crippen molar-refractivity contribution in [1.82, 2.24) is 9.80 Å². The van der Waals surface area contributed by atoms with Crippen LogP contribution in [0, 0.1) is 22.7 Å². The van der Waals surface area contributed by atoms with Crippen molar-refractivity contribution in [3.05, 3.63) is 6.42 Å². The van der Waals surface area contributed by atoms with Gasteiger partial charge in [-0.3, -0.25) is 0 Å². The molecule has 0 spiro atoms. The third kappa shape index (κ3) is 5.30. The molecule has 0 saturated carbocycles. The van der Waals surface area contributed by atoms with Gasteiger partial charge < -0.3 is 26.4 Å². The van der Waals surface area contributed by atoms with Gasteiger partial charge in [0.1, 0.15) is 0 Å². The van der Waals surface area contributed by atoms with Crippen LogP contribution < -0.4 is 0 Å². The van der Waals surface area contributed by atoms with E-state index >= 15 is 0 Å². The Morgan fingerprint density at radius 2 is 1.27 bits per heavy atom. The van der Waals surface area contributed by atoms with E-state index in [1.54, 1.807) is 0 Å². The molecular formula is C16H33N2O2ReRf-. The summed E-state index contributed by atoms with van der Waals surface area (Å²) in [5, 5.41) is 18.5. The van der Waals surface area contributed by atoms with Gasteiger partial charge in [-0.25, -0.2) is 0 Å². The zero-order chi connectivity index (χ0) is 15.6. The molecule has 2 aliphatic heterocycles. The number of aliphatic hydroxyl groups excluding tert-OH is 2. The van der Waals surface area contributed by atoms with Gasteiger partial charge in [0.2, 0.25) is 0 Å². The molecular weight excluding hydrogens is 705 g/mol. The quantitative estimate of drug-likeness (QED) is 0.418. The normalized spacial score (nSPS) is 34.4. The maximum absolute atomic E-state index is 9.27. The summed E-state index contributed by atoms with van der Waals surface area (Å²) < 4.78 is 0. The Morgan fingerprint density at radius 1 is 0.864 bits per heavy atom. The van der Waals surface area contributed by atoms with Crippen LogP contribution in [0.3, 0.4) is 0 Å². The van der Waals surface area contributed by atoms with Gasteiger partial charge in [-0.05, 0) is 20.6 Å². The zero-order valence-electron chi connectivity index (χ0n) is 15.2. The van der Waals surface area contributed by atoms with E-state index in [4.69, 9.17) is 0 Å². The number of hydrogen-bond donors (Lipinski definition) is 2. The largest absolute Gasteiger partial charge is 0.396 e. The fourth-order valence-corrected chi connectivity index (χ4v) is 3.34. The predicted molar refractivity (Wildman–Crippen MR) is 83.5 cm³/mol. The molecule has 6 heteroatoms. The molecule has 2 unspecified atom stereocenters. The summed E-state index contributed by atoms with van der Waals surface area (Å²) in [5.74, 6) is 0. The number of rotatable bonds is 2. The van der Waals surface area contributed by atoms with Crippen LogP contribution in [0.2, 0.25) is 0 Å². The van der Waals surface area contributed by atoms with Crippen LogP contribution in [0.25, 0.3) is 0 Å². The first-order valence-electron chi connectivity index (χ1n) is 7.51. The Hall–Kier alpha value is -0.498. The van der Waals surface area contributed by atoms with Gasteiger partial charge in [0.15, 0.2) is 0 Å². The Labute approximate surface area is 144 Å². The van der Waals surface area contributed by atoms with E-state index in [2.05, 4.69) is 37.1 Å². The summed E-state index contributed by atoms with van der Waals surface area (Å²) in [5.41, 5.74) is 0.155. The fraction of sp³-hybridized carbons (Fsp3) is 0.938. The molecule has 2 saturated heterocycles. The Bertz CT molecular complexity index is 315. The average molecular weight is 739 g/mol. The van der Waals surface area contributed by atoms with Gasteiger partial charge in [0.25, 0.3) is 0 Å². The summed E-state index contributed by atoms with van der Waals surface area (Å²) in [6.45, 7) is 13.0. The van der Waals surface area contributed by atoms with Gasteiger partial charge in [-0.1, -0.05) is 27.7 Å². The van der Waals surface area contributed by atoms with Crippen molar-refractivity contribution in [2.45, 2.75) is 27.7 Å². The molecule has 0 aromatic rings. The average Bonchev–Trinajstić information content (AvgIpc) is 2.78. The van der Waals surface area contributed by atoms with Gasteiger partial charge in [0, 0.05) is 44.3 Å². The van der Waals surface area contributed by atoms with Gasteiger partial charge in [-0.2, -0.15) is 0 Å². The molecule has 0 bridgehead atoms. The third-order valence-electron chi connectivity index (χ3n) is 5.03. The van der Waals surface area contributed by atoms with Crippen LogP contribution in [0.1, 0.15) is 27.7 Å². The van der Waals surface area contributed by atoms with E-state index in [-0.39, 0.29) is 44.5 Å². The van der Waals surface area contributed by atoms with E-state index in [1.165, 1.54) is 6.54 Å². The molecule has 129 valence electrons. The van der Waals surface area contributed by atoms with Crippen LogP contribution in [-0.4, -0.2) is 73.5 Å². The standard InChI is InChI=1S/C9H19NO2.C7H14N.Re.Rf/c1-8(6-11)4-10(3)5-9(8,2)7-12;1-7(2)4-5-8(3)6-7;;/h11-12H,4-7H2,1-3H3;4H,5-6H2,1-3H3;;/q;-1;;. The topological polar surface area (TPSA) is 46.9 Å². The minimum Gasteiger partial charge on any atom is -0.396 e. The Morgan fingerprint density at radius 3 is 1.45 bits per heavy atom. The summed E-state index contributed by atoms with van der Waals surface area (Å²) >= 11 is 0. The van der Waals surface area contributed by atoms with Crippen molar-refractivity contribution in [2.24, 2.45) is 16.2 Å². The van der Waals surface area contributed by atoms with Crippen LogP contribution in [-0.2, 0) is 20.4 Å². The van der Waals surface area contributed by atoms with Crippen molar-refractivity contribution < 1.29 is 30.6 Å². The molecule has 22 heavy (non-hydrogen) atoms. The smallest absolute Gasteiger partial charge is 0.0503 e. The first kappa shape index (κ1) is 23.8. The number of aliphatic hydroxyl groups is 2. The van der Waals surface area contributed by atoms with E-state index in [0.717, 1.165) is 19.6 Å². The molecule has 2 atom stereocenters. The maximum Gasteiger partial charge on any atom is 0.0503 e. The SMILES string of the molecule is CN1CC(C)(CO)C(C)(CO)C1.CN1C[CH-]C(C)(C)C1.[Re].[Rf]. The van der Waals surface area contributed by atoms with Crippen LogP contribution >= 0.6 is 0 Å². The molecule has 0 aliphatic carbocycles. The van der Waals surface area contributed by atoms with Crippen molar-refractivity contribution in [2.75, 3.05) is 53.5 Å². The first-order valence-corrected chi connectivity index (χ1v) is 7.51. The fourth-order valence-electron chi connectivity index (χ4n) is 3.34. The molecule has 2 heterocycles. The molecule has 0 aromatic carbocycles. The molecule has 4 nitrogen and oxygen atoms in total. The Kier molecular flexibility index (Phi) is 9.05. The molecule has 2 fully saturated rings. The summed E-state index contributed by atoms with van der Waals surface area (Å²) in [7, 11) is 4.18. The van der Waals surface area contributed by atoms with E-state index < -0.39 is 0 Å². The molecule has 0 amide bonds. The second-order valence-corrected chi connectivity index (χ2v) is 8.00. The van der Waals surface area contributed by atoms with Crippen LogP contribution in [0.4, 0.5) is 0 Å². The number of likely N-dealkylation sites (tertiary alicyclic amines) is 2. The number of hydrogen-bond acceptors (Lipinski definition) is 4. The van der Waals surface area contributed by atoms with Crippen molar-refractivity contribution in [1.29, 1.82) is 0 Å². The summed E-state index contributed by atoms with van der Waals surface area (Å²) in [6.07, 6.45) is 2.37. The van der Waals surface area contributed by atoms with E-state index in [0.29, 0.717) is 5.41 Å². The second-order valence-electron chi connectivity index (χ2n) is 8.00. The predicted octanol–water partition coefficient (Wildman–Crippen LogP) is 1.09. The molecule has 2 aliphatic rings. The minimum atomic E-state index is -0.156. The van der Waals surface area contributed by atoms with E-state index in [9.17, 15) is 10.2 Å². The van der Waals surface area contributed by atoms with E-state index in [1.807, 2.05) is 20.9 Å². The zero-order valence-corrected chi connectivity index (χ0v) is 24.3. The van der Waals surface area contributed by atoms with Crippen molar-refractivity contribution in [3.63, 3.8) is 0 Å². The second kappa shape index (κ2) is 8.38. The minimum absolute atomic E-state index is 0. The first-order chi connectivity index (χ1) is 9.07. The third-order valence-corrected chi connectivity index (χ3v) is 5.03. The molecule has 2 rings (SSSR count).